The fourth-order valence-electron chi connectivity index (χ4n) is 1.73. The van der Waals surface area contributed by atoms with Gasteiger partial charge in [0.15, 0.2) is 0 Å². The van der Waals surface area contributed by atoms with Gasteiger partial charge in [-0.25, -0.2) is 0 Å². The number of aromatic amines is 1. The van der Waals surface area contributed by atoms with Gasteiger partial charge in [-0.05, 0) is 31.4 Å². The third-order valence-electron chi connectivity index (χ3n) is 2.68. The molecule has 1 heterocycles. The van der Waals surface area contributed by atoms with Crippen LogP contribution in [0.25, 0.3) is 0 Å². The van der Waals surface area contributed by atoms with Gasteiger partial charge >= 0.3 is 0 Å². The van der Waals surface area contributed by atoms with E-state index in [1.807, 2.05) is 6.20 Å². The van der Waals surface area contributed by atoms with Crippen molar-refractivity contribution in [1.82, 2.24) is 10.2 Å². The van der Waals surface area contributed by atoms with Gasteiger partial charge < -0.3 is 5.73 Å². The van der Waals surface area contributed by atoms with Crippen LogP contribution in [0.1, 0.15) is 36.4 Å². The van der Waals surface area contributed by atoms with Crippen molar-refractivity contribution in [1.29, 1.82) is 0 Å². The van der Waals surface area contributed by atoms with Crippen molar-refractivity contribution in [2.24, 2.45) is 5.73 Å². The van der Waals surface area contributed by atoms with Gasteiger partial charge in [0.25, 0.3) is 0 Å². The maximum absolute atomic E-state index is 5.51. The maximum Gasteiger partial charge on any atom is 0.0522 e. The lowest BCUT2D eigenvalue weighted by molar-refractivity contribution is 0.408. The molecule has 66 valence electrons. The van der Waals surface area contributed by atoms with Gasteiger partial charge in [-0.3, -0.25) is 5.10 Å². The smallest absolute Gasteiger partial charge is 0.0522 e. The number of nitrogens with one attached hydrogen (secondary N) is 1. The van der Waals surface area contributed by atoms with E-state index < -0.39 is 0 Å². The van der Waals surface area contributed by atoms with Gasteiger partial charge in [0.1, 0.15) is 0 Å². The zero-order valence-corrected chi connectivity index (χ0v) is 7.21. The minimum absolute atomic E-state index is 0.721. The largest absolute Gasteiger partial charge is 0.330 e. The molecule has 2 rings (SSSR count). The van der Waals surface area contributed by atoms with Crippen molar-refractivity contribution in [3.05, 3.63) is 17.5 Å². The highest BCUT2D eigenvalue weighted by Gasteiger charge is 2.23. The van der Waals surface area contributed by atoms with Gasteiger partial charge in [-0.2, -0.15) is 5.10 Å². The molecule has 3 nitrogen and oxygen atoms in total. The number of aromatic nitrogens is 2. The standard InChI is InChI=1S/C9H15N3/c10-5-4-8-6-11-12-9(8)7-2-1-3-7/h6-7H,1-5,10H2,(H,11,12). The highest BCUT2D eigenvalue weighted by Crippen LogP contribution is 2.36. The van der Waals surface area contributed by atoms with E-state index in [4.69, 9.17) is 5.73 Å². The summed E-state index contributed by atoms with van der Waals surface area (Å²) in [4.78, 5) is 0. The van der Waals surface area contributed by atoms with E-state index in [1.54, 1.807) is 0 Å². The summed E-state index contributed by atoms with van der Waals surface area (Å²) in [5.74, 6) is 0.744. The zero-order chi connectivity index (χ0) is 8.39. The molecular formula is C9H15N3. The minimum Gasteiger partial charge on any atom is -0.330 e. The Bertz CT molecular complexity index is 250. The summed E-state index contributed by atoms with van der Waals surface area (Å²) >= 11 is 0. The minimum atomic E-state index is 0.721. The van der Waals surface area contributed by atoms with Crippen molar-refractivity contribution in [3.8, 4) is 0 Å². The Morgan fingerprint density at radius 3 is 3.00 bits per heavy atom. The third-order valence-corrected chi connectivity index (χ3v) is 2.68. The number of hydrogen-bond donors (Lipinski definition) is 2. The van der Waals surface area contributed by atoms with Crippen LogP contribution in [0.15, 0.2) is 6.20 Å². The fourth-order valence-corrected chi connectivity index (χ4v) is 1.73. The van der Waals surface area contributed by atoms with E-state index >= 15 is 0 Å². The summed E-state index contributed by atoms with van der Waals surface area (Å²) in [7, 11) is 0. The molecule has 0 bridgehead atoms. The van der Waals surface area contributed by atoms with Crippen molar-refractivity contribution in [2.45, 2.75) is 31.6 Å². The average Bonchev–Trinajstić information content (AvgIpc) is 2.35. The molecule has 1 aromatic heterocycles. The molecule has 1 saturated carbocycles. The molecule has 0 aromatic carbocycles. The predicted molar refractivity (Wildman–Crippen MR) is 47.9 cm³/mol. The van der Waals surface area contributed by atoms with E-state index in [9.17, 15) is 0 Å². The lowest BCUT2D eigenvalue weighted by Crippen LogP contribution is -2.12. The molecular weight excluding hydrogens is 150 g/mol. The van der Waals surface area contributed by atoms with Crippen LogP contribution in [0.5, 0.6) is 0 Å². The predicted octanol–water partition coefficient (Wildman–Crippen LogP) is 1.18. The molecule has 0 atom stereocenters. The SMILES string of the molecule is NCCc1cn[nH]c1C1CCC1. The highest BCUT2D eigenvalue weighted by molar-refractivity contribution is 5.22. The molecule has 1 aliphatic rings. The van der Waals surface area contributed by atoms with E-state index in [1.165, 1.54) is 30.5 Å². The van der Waals surface area contributed by atoms with Crippen LogP contribution in [0.3, 0.4) is 0 Å². The van der Waals surface area contributed by atoms with Crippen molar-refractivity contribution in [2.75, 3.05) is 6.54 Å². The summed E-state index contributed by atoms with van der Waals surface area (Å²) in [6.45, 7) is 0.721. The van der Waals surface area contributed by atoms with Gasteiger partial charge in [0.2, 0.25) is 0 Å². The molecule has 3 N–H and O–H groups in total. The topological polar surface area (TPSA) is 54.7 Å². The average molecular weight is 165 g/mol. The Labute approximate surface area is 72.4 Å². The first-order valence-electron chi connectivity index (χ1n) is 4.64. The third kappa shape index (κ3) is 1.25. The van der Waals surface area contributed by atoms with E-state index in [0.717, 1.165) is 18.9 Å². The Balaban J connectivity index is 2.12. The molecule has 0 spiro atoms. The van der Waals surface area contributed by atoms with Crippen LogP contribution < -0.4 is 5.73 Å². The van der Waals surface area contributed by atoms with Gasteiger partial charge in [-0.1, -0.05) is 6.42 Å². The van der Waals surface area contributed by atoms with E-state index in [-0.39, 0.29) is 0 Å². The fraction of sp³-hybridized carbons (Fsp3) is 0.667. The molecule has 1 fully saturated rings. The molecule has 0 aliphatic heterocycles. The monoisotopic (exact) mass is 165 g/mol. The summed E-state index contributed by atoms with van der Waals surface area (Å²) in [6, 6.07) is 0. The maximum atomic E-state index is 5.51. The second-order valence-electron chi connectivity index (χ2n) is 3.48. The molecule has 0 radical (unpaired) electrons. The lowest BCUT2D eigenvalue weighted by Gasteiger charge is -2.25. The van der Waals surface area contributed by atoms with Crippen LogP contribution in [-0.4, -0.2) is 16.7 Å². The number of rotatable bonds is 3. The first kappa shape index (κ1) is 7.80. The molecule has 0 saturated heterocycles. The summed E-state index contributed by atoms with van der Waals surface area (Å²) in [6.07, 6.45) is 6.88. The Hall–Kier alpha value is -0.830. The molecule has 1 aliphatic carbocycles. The second kappa shape index (κ2) is 3.27. The number of nitrogens with two attached hydrogens (primary N) is 1. The summed E-state index contributed by atoms with van der Waals surface area (Å²) < 4.78 is 0. The quantitative estimate of drug-likeness (QED) is 0.706. The molecule has 0 amide bonds. The van der Waals surface area contributed by atoms with Crippen molar-refractivity contribution >= 4 is 0 Å². The van der Waals surface area contributed by atoms with E-state index in [2.05, 4.69) is 10.2 Å². The summed E-state index contributed by atoms with van der Waals surface area (Å²) in [5, 5.41) is 7.15. The van der Waals surface area contributed by atoms with Gasteiger partial charge in [0, 0.05) is 11.6 Å². The summed E-state index contributed by atoms with van der Waals surface area (Å²) in [5.41, 5.74) is 8.17. The Morgan fingerprint density at radius 2 is 2.42 bits per heavy atom. The highest BCUT2D eigenvalue weighted by atomic mass is 15.1. The number of nitrogens with zero attached hydrogens (tertiary/aromatic N) is 1. The zero-order valence-electron chi connectivity index (χ0n) is 7.21. The molecule has 12 heavy (non-hydrogen) atoms. The first-order valence-corrected chi connectivity index (χ1v) is 4.64. The first-order chi connectivity index (χ1) is 5.92. The van der Waals surface area contributed by atoms with Crippen molar-refractivity contribution in [3.63, 3.8) is 0 Å². The van der Waals surface area contributed by atoms with Crippen LogP contribution in [0, 0.1) is 0 Å². The van der Waals surface area contributed by atoms with Gasteiger partial charge in [-0.15, -0.1) is 0 Å². The van der Waals surface area contributed by atoms with Crippen LogP contribution in [0.2, 0.25) is 0 Å². The van der Waals surface area contributed by atoms with Crippen LogP contribution >= 0.6 is 0 Å². The van der Waals surface area contributed by atoms with E-state index in [0.29, 0.717) is 0 Å². The second-order valence-corrected chi connectivity index (χ2v) is 3.48. The number of hydrogen-bond acceptors (Lipinski definition) is 2. The van der Waals surface area contributed by atoms with Crippen LogP contribution in [0.4, 0.5) is 0 Å². The Kier molecular flexibility index (Phi) is 2.13. The van der Waals surface area contributed by atoms with Crippen molar-refractivity contribution < 1.29 is 0 Å². The molecule has 3 heteroatoms. The Morgan fingerprint density at radius 1 is 1.58 bits per heavy atom. The molecule has 0 unspecified atom stereocenters. The number of H-pyrrole nitrogens is 1. The van der Waals surface area contributed by atoms with Gasteiger partial charge in [0.05, 0.1) is 6.20 Å². The normalized spacial score (nSPS) is 17.8. The molecule has 1 aromatic rings. The van der Waals surface area contributed by atoms with Crippen LogP contribution in [-0.2, 0) is 6.42 Å². The lowest BCUT2D eigenvalue weighted by atomic mass is 9.81.